The Morgan fingerprint density at radius 3 is 2.41 bits per heavy atom. The fourth-order valence-electron chi connectivity index (χ4n) is 4.50. The number of aryl methyl sites for hydroxylation is 1. The van der Waals surface area contributed by atoms with Gasteiger partial charge in [-0.1, -0.05) is 18.2 Å². The van der Waals surface area contributed by atoms with Gasteiger partial charge in [-0.15, -0.1) is 0 Å². The van der Waals surface area contributed by atoms with Crippen LogP contribution in [0.5, 0.6) is 5.75 Å². The van der Waals surface area contributed by atoms with Crippen LogP contribution in [0.25, 0.3) is 22.2 Å². The van der Waals surface area contributed by atoms with E-state index >= 15 is 0 Å². The van der Waals surface area contributed by atoms with Gasteiger partial charge in [0.1, 0.15) is 5.75 Å². The number of para-hydroxylation sites is 1. The highest BCUT2D eigenvalue weighted by Gasteiger charge is 2.27. The Balaban J connectivity index is 2.04. The second-order valence-corrected chi connectivity index (χ2v) is 7.92. The first-order chi connectivity index (χ1) is 13.0. The number of methoxy groups -OCH3 is 1. The molecule has 3 heteroatoms. The summed E-state index contributed by atoms with van der Waals surface area (Å²) < 4.78 is 5.43. The Morgan fingerprint density at radius 2 is 1.70 bits per heavy atom. The zero-order valence-electron chi connectivity index (χ0n) is 16.9. The van der Waals surface area contributed by atoms with Crippen molar-refractivity contribution in [2.24, 2.45) is 0 Å². The van der Waals surface area contributed by atoms with E-state index in [1.54, 1.807) is 7.11 Å². The van der Waals surface area contributed by atoms with Crippen LogP contribution in [0, 0.1) is 0 Å². The smallest absolute Gasteiger partial charge is 0.119 e. The molecule has 0 radical (unpaired) electrons. The highest BCUT2D eigenvalue weighted by molar-refractivity contribution is 5.98. The molecule has 2 aromatic carbocycles. The summed E-state index contributed by atoms with van der Waals surface area (Å²) in [5.41, 5.74) is 7.53. The lowest BCUT2D eigenvalue weighted by Gasteiger charge is -2.37. The number of fused-ring (bicyclic) bond motifs is 4. The van der Waals surface area contributed by atoms with E-state index in [1.165, 1.54) is 27.8 Å². The number of benzene rings is 2. The third-order valence-corrected chi connectivity index (χ3v) is 5.55. The van der Waals surface area contributed by atoms with Crippen molar-refractivity contribution < 1.29 is 4.74 Å². The third kappa shape index (κ3) is 2.95. The first-order valence-corrected chi connectivity index (χ1v) is 9.88. The first-order valence-electron chi connectivity index (χ1n) is 9.88. The van der Waals surface area contributed by atoms with Crippen LogP contribution in [0.1, 0.15) is 38.8 Å². The molecule has 1 aliphatic rings. The molecule has 1 aromatic heterocycles. The molecule has 0 N–H and O–H groups in total. The normalized spacial score (nSPS) is 13.0. The molecule has 0 bridgehead atoms. The van der Waals surface area contributed by atoms with Crippen molar-refractivity contribution in [2.45, 2.75) is 52.6 Å². The van der Waals surface area contributed by atoms with Crippen molar-refractivity contribution in [2.75, 3.05) is 12.0 Å². The van der Waals surface area contributed by atoms with E-state index in [-0.39, 0.29) is 0 Å². The van der Waals surface area contributed by atoms with E-state index in [1.807, 2.05) is 6.07 Å². The molecule has 3 nitrogen and oxygen atoms in total. The highest BCUT2D eigenvalue weighted by atomic mass is 16.5. The average Bonchev–Trinajstić information content (AvgIpc) is 2.66. The Labute approximate surface area is 162 Å². The lowest BCUT2D eigenvalue weighted by molar-refractivity contribution is 0.414. The topological polar surface area (TPSA) is 25.4 Å². The number of hydrogen-bond donors (Lipinski definition) is 0. The second-order valence-electron chi connectivity index (χ2n) is 7.92. The summed E-state index contributed by atoms with van der Waals surface area (Å²) in [5.74, 6) is 0.921. The van der Waals surface area contributed by atoms with Gasteiger partial charge in [-0.3, -0.25) is 0 Å². The van der Waals surface area contributed by atoms with E-state index in [4.69, 9.17) is 9.72 Å². The molecular formula is C24H28N2O. The van der Waals surface area contributed by atoms with Gasteiger partial charge in [0.25, 0.3) is 0 Å². The molecule has 0 atom stereocenters. The SMILES string of the molecule is COc1ccc2c(c1)CCc1c-2nc2ccccc2c1N(C(C)C)C(C)C. The van der Waals surface area contributed by atoms with Gasteiger partial charge >= 0.3 is 0 Å². The van der Waals surface area contributed by atoms with Crippen LogP contribution in [-0.2, 0) is 12.8 Å². The monoisotopic (exact) mass is 360 g/mol. The van der Waals surface area contributed by atoms with Crippen molar-refractivity contribution in [3.05, 3.63) is 53.6 Å². The number of aromatic nitrogens is 1. The minimum Gasteiger partial charge on any atom is -0.497 e. The lowest BCUT2D eigenvalue weighted by atomic mass is 9.86. The fraction of sp³-hybridized carbons (Fsp3) is 0.375. The molecule has 0 saturated heterocycles. The maximum atomic E-state index is 5.43. The molecule has 3 aromatic rings. The molecular weight excluding hydrogens is 332 g/mol. The summed E-state index contributed by atoms with van der Waals surface area (Å²) >= 11 is 0. The van der Waals surface area contributed by atoms with Gasteiger partial charge in [0, 0.05) is 28.6 Å². The highest BCUT2D eigenvalue weighted by Crippen LogP contribution is 2.43. The molecule has 0 amide bonds. The number of pyridine rings is 1. The van der Waals surface area contributed by atoms with Gasteiger partial charge in [-0.05, 0) is 70.4 Å². The zero-order chi connectivity index (χ0) is 19.1. The summed E-state index contributed by atoms with van der Waals surface area (Å²) in [7, 11) is 1.73. The maximum absolute atomic E-state index is 5.43. The molecule has 0 unspecified atom stereocenters. The third-order valence-electron chi connectivity index (χ3n) is 5.55. The molecule has 0 spiro atoms. The summed E-state index contributed by atoms with van der Waals surface area (Å²) in [6.07, 6.45) is 2.04. The van der Waals surface area contributed by atoms with E-state index in [9.17, 15) is 0 Å². The van der Waals surface area contributed by atoms with Crippen molar-refractivity contribution in [3.63, 3.8) is 0 Å². The lowest BCUT2D eigenvalue weighted by Crippen LogP contribution is -2.38. The maximum Gasteiger partial charge on any atom is 0.119 e. The van der Waals surface area contributed by atoms with E-state index in [0.29, 0.717) is 12.1 Å². The molecule has 1 aliphatic carbocycles. The van der Waals surface area contributed by atoms with Gasteiger partial charge in [-0.25, -0.2) is 4.98 Å². The molecule has 4 rings (SSSR count). The minimum absolute atomic E-state index is 0.428. The van der Waals surface area contributed by atoms with Crippen molar-refractivity contribution in [3.8, 4) is 17.0 Å². The number of anilines is 1. The van der Waals surface area contributed by atoms with Crippen LogP contribution < -0.4 is 9.64 Å². The predicted molar refractivity (Wildman–Crippen MR) is 114 cm³/mol. The Morgan fingerprint density at radius 1 is 0.963 bits per heavy atom. The number of nitrogens with zero attached hydrogens (tertiary/aromatic N) is 2. The predicted octanol–water partition coefficient (Wildman–Crippen LogP) is 5.63. The van der Waals surface area contributed by atoms with Crippen LogP contribution in [-0.4, -0.2) is 24.2 Å². The Kier molecular flexibility index (Phi) is 4.55. The zero-order valence-corrected chi connectivity index (χ0v) is 16.9. The second kappa shape index (κ2) is 6.88. The van der Waals surface area contributed by atoms with E-state index < -0.39 is 0 Å². The van der Waals surface area contributed by atoms with Crippen molar-refractivity contribution >= 4 is 16.6 Å². The van der Waals surface area contributed by atoms with Gasteiger partial charge in [0.05, 0.1) is 24.0 Å². The van der Waals surface area contributed by atoms with Crippen LogP contribution >= 0.6 is 0 Å². The van der Waals surface area contributed by atoms with Gasteiger partial charge in [-0.2, -0.15) is 0 Å². The summed E-state index contributed by atoms with van der Waals surface area (Å²) in [4.78, 5) is 7.66. The van der Waals surface area contributed by atoms with Crippen molar-refractivity contribution in [1.29, 1.82) is 0 Å². The fourth-order valence-corrected chi connectivity index (χ4v) is 4.50. The molecule has 1 heterocycles. The summed E-state index contributed by atoms with van der Waals surface area (Å²) in [5, 5.41) is 1.26. The minimum atomic E-state index is 0.428. The molecule has 0 aliphatic heterocycles. The van der Waals surface area contributed by atoms with E-state index in [0.717, 1.165) is 29.8 Å². The Bertz CT molecular complexity index is 983. The number of ether oxygens (including phenoxy) is 1. The van der Waals surface area contributed by atoms with Gasteiger partial charge in [0.2, 0.25) is 0 Å². The standard InChI is InChI=1S/C24H28N2O/c1-15(2)26(16(3)4)24-20-8-6-7-9-22(20)25-23-19-13-11-18(27-5)14-17(19)10-12-21(23)24/h6-9,11,13-16H,10,12H2,1-5H3. The van der Waals surface area contributed by atoms with Crippen molar-refractivity contribution in [1.82, 2.24) is 4.98 Å². The number of hydrogen-bond acceptors (Lipinski definition) is 3. The van der Waals surface area contributed by atoms with Gasteiger partial charge in [0.15, 0.2) is 0 Å². The number of rotatable bonds is 4. The molecule has 0 saturated carbocycles. The van der Waals surface area contributed by atoms with E-state index in [2.05, 4.69) is 69.0 Å². The van der Waals surface area contributed by atoms with Gasteiger partial charge < -0.3 is 9.64 Å². The molecule has 0 fully saturated rings. The molecule has 27 heavy (non-hydrogen) atoms. The largest absolute Gasteiger partial charge is 0.497 e. The summed E-state index contributed by atoms with van der Waals surface area (Å²) in [6.45, 7) is 9.12. The Hall–Kier alpha value is -2.55. The van der Waals surface area contributed by atoms with Crippen LogP contribution in [0.15, 0.2) is 42.5 Å². The van der Waals surface area contributed by atoms with Crippen LogP contribution in [0.3, 0.4) is 0 Å². The first kappa shape index (κ1) is 17.8. The molecule has 140 valence electrons. The quantitative estimate of drug-likeness (QED) is 0.603. The average molecular weight is 361 g/mol. The summed E-state index contributed by atoms with van der Waals surface area (Å²) in [6, 6.07) is 15.8. The van der Waals surface area contributed by atoms with Crippen LogP contribution in [0.2, 0.25) is 0 Å². The van der Waals surface area contributed by atoms with Crippen LogP contribution in [0.4, 0.5) is 5.69 Å².